The number of carbonyl (C=O) groups is 1. The fourth-order valence-corrected chi connectivity index (χ4v) is 2.17. The predicted octanol–water partition coefficient (Wildman–Crippen LogP) is 2.56. The van der Waals surface area contributed by atoms with Crippen LogP contribution in [-0.2, 0) is 6.18 Å². The van der Waals surface area contributed by atoms with Crippen molar-refractivity contribution in [2.75, 3.05) is 0 Å². The summed E-state index contributed by atoms with van der Waals surface area (Å²) in [6.45, 7) is 0. The van der Waals surface area contributed by atoms with Gasteiger partial charge >= 0.3 is 12.1 Å². The highest BCUT2D eigenvalue weighted by atomic mass is 19.4. The fraction of sp³-hybridized carbons (Fsp3) is 0.0714. The van der Waals surface area contributed by atoms with E-state index in [1.54, 1.807) is 0 Å². The van der Waals surface area contributed by atoms with Crippen molar-refractivity contribution in [3.05, 3.63) is 58.0 Å². The standard InChI is InChI=1S/C14H7F3N2O3/c15-14(16,17)7-3-4-10-9(6-7)12(20)19-5-1-2-8(13(21)22)11(19)18-10/h1-6H,(H,21,22). The second kappa shape index (κ2) is 4.55. The van der Waals surface area contributed by atoms with Crippen molar-refractivity contribution in [1.29, 1.82) is 0 Å². The van der Waals surface area contributed by atoms with Crippen LogP contribution in [0.2, 0.25) is 0 Å². The molecule has 8 heteroatoms. The first-order chi connectivity index (χ1) is 10.3. The number of alkyl halides is 3. The van der Waals surface area contributed by atoms with Crippen LogP contribution in [0.5, 0.6) is 0 Å². The molecule has 1 aromatic carbocycles. The monoisotopic (exact) mass is 308 g/mol. The van der Waals surface area contributed by atoms with Crippen LogP contribution in [0.4, 0.5) is 13.2 Å². The third-order valence-corrected chi connectivity index (χ3v) is 3.20. The Kier molecular flexibility index (Phi) is 2.91. The van der Waals surface area contributed by atoms with E-state index in [-0.39, 0.29) is 22.1 Å². The van der Waals surface area contributed by atoms with Crippen molar-refractivity contribution in [2.24, 2.45) is 0 Å². The van der Waals surface area contributed by atoms with Crippen LogP contribution >= 0.6 is 0 Å². The average Bonchev–Trinajstić information content (AvgIpc) is 2.45. The molecular weight excluding hydrogens is 301 g/mol. The molecule has 0 aliphatic rings. The zero-order valence-electron chi connectivity index (χ0n) is 10.8. The van der Waals surface area contributed by atoms with Crippen LogP contribution in [0.3, 0.4) is 0 Å². The number of carboxylic acid groups (broad SMARTS) is 1. The number of nitrogens with zero attached hydrogens (tertiary/aromatic N) is 2. The molecule has 0 saturated carbocycles. The molecule has 0 fully saturated rings. The van der Waals surface area contributed by atoms with Gasteiger partial charge in [0.1, 0.15) is 5.56 Å². The minimum absolute atomic E-state index is 0.00620. The quantitative estimate of drug-likeness (QED) is 0.701. The second-order valence-corrected chi connectivity index (χ2v) is 4.57. The van der Waals surface area contributed by atoms with Crippen molar-refractivity contribution in [3.63, 3.8) is 0 Å². The van der Waals surface area contributed by atoms with E-state index in [4.69, 9.17) is 5.11 Å². The molecule has 5 nitrogen and oxygen atoms in total. The summed E-state index contributed by atoms with van der Waals surface area (Å²) in [7, 11) is 0. The Labute approximate surface area is 120 Å². The summed E-state index contributed by atoms with van der Waals surface area (Å²) in [6.07, 6.45) is -3.32. The van der Waals surface area contributed by atoms with Gasteiger partial charge in [-0.2, -0.15) is 13.2 Å². The Morgan fingerprint density at radius 2 is 1.95 bits per heavy atom. The summed E-state index contributed by atoms with van der Waals surface area (Å²) < 4.78 is 39.1. The average molecular weight is 308 g/mol. The van der Waals surface area contributed by atoms with Crippen molar-refractivity contribution in [1.82, 2.24) is 9.38 Å². The maximum absolute atomic E-state index is 12.7. The zero-order valence-corrected chi connectivity index (χ0v) is 10.8. The van der Waals surface area contributed by atoms with Crippen molar-refractivity contribution < 1.29 is 23.1 Å². The number of benzene rings is 1. The molecule has 0 atom stereocenters. The van der Waals surface area contributed by atoms with Crippen LogP contribution in [0.1, 0.15) is 15.9 Å². The second-order valence-electron chi connectivity index (χ2n) is 4.57. The van der Waals surface area contributed by atoms with E-state index in [0.717, 1.165) is 16.5 Å². The molecule has 0 spiro atoms. The lowest BCUT2D eigenvalue weighted by molar-refractivity contribution is -0.137. The summed E-state index contributed by atoms with van der Waals surface area (Å²) in [5.41, 5.74) is -2.04. The molecule has 0 radical (unpaired) electrons. The van der Waals surface area contributed by atoms with E-state index in [9.17, 15) is 22.8 Å². The number of halogens is 3. The summed E-state index contributed by atoms with van der Waals surface area (Å²) in [5, 5.41) is 8.87. The van der Waals surface area contributed by atoms with Crippen molar-refractivity contribution in [3.8, 4) is 0 Å². The van der Waals surface area contributed by atoms with Gasteiger partial charge in [-0.15, -0.1) is 0 Å². The first-order valence-corrected chi connectivity index (χ1v) is 6.04. The van der Waals surface area contributed by atoms with Gasteiger partial charge in [0.25, 0.3) is 5.56 Å². The minimum atomic E-state index is -4.58. The van der Waals surface area contributed by atoms with E-state index in [2.05, 4.69) is 4.98 Å². The van der Waals surface area contributed by atoms with Crippen LogP contribution in [0, 0.1) is 0 Å². The highest BCUT2D eigenvalue weighted by molar-refractivity contribution is 5.95. The fourth-order valence-electron chi connectivity index (χ4n) is 2.17. The zero-order chi connectivity index (χ0) is 16.1. The van der Waals surface area contributed by atoms with E-state index in [1.807, 2.05) is 0 Å². The van der Waals surface area contributed by atoms with Gasteiger partial charge in [0.15, 0.2) is 5.65 Å². The van der Waals surface area contributed by atoms with Crippen LogP contribution in [0.25, 0.3) is 16.6 Å². The van der Waals surface area contributed by atoms with Crippen molar-refractivity contribution in [2.45, 2.75) is 6.18 Å². The number of aromatic carboxylic acids is 1. The van der Waals surface area contributed by atoms with E-state index in [0.29, 0.717) is 6.07 Å². The molecule has 0 aliphatic heterocycles. The molecular formula is C14H7F3N2O3. The number of rotatable bonds is 1. The lowest BCUT2D eigenvalue weighted by Crippen LogP contribution is -2.18. The summed E-state index contributed by atoms with van der Waals surface area (Å²) >= 11 is 0. The molecule has 0 saturated heterocycles. The van der Waals surface area contributed by atoms with Gasteiger partial charge in [0.05, 0.1) is 16.5 Å². The minimum Gasteiger partial charge on any atom is -0.478 e. The number of pyridine rings is 1. The normalized spacial score (nSPS) is 12.0. The van der Waals surface area contributed by atoms with E-state index < -0.39 is 23.3 Å². The first kappa shape index (κ1) is 14.1. The van der Waals surface area contributed by atoms with Gasteiger partial charge in [0, 0.05) is 6.20 Å². The Bertz CT molecular complexity index is 977. The maximum Gasteiger partial charge on any atom is 0.416 e. The molecule has 0 amide bonds. The highest BCUT2D eigenvalue weighted by Crippen LogP contribution is 2.30. The number of hydrogen-bond acceptors (Lipinski definition) is 3. The summed E-state index contributed by atoms with van der Waals surface area (Å²) in [4.78, 5) is 27.4. The lowest BCUT2D eigenvalue weighted by Gasteiger charge is -2.09. The molecule has 2 aromatic heterocycles. The van der Waals surface area contributed by atoms with Gasteiger partial charge in [-0.05, 0) is 30.3 Å². The molecule has 3 rings (SSSR count). The largest absolute Gasteiger partial charge is 0.478 e. The Morgan fingerprint density at radius 1 is 1.23 bits per heavy atom. The number of fused-ring (bicyclic) bond motifs is 2. The van der Waals surface area contributed by atoms with Crippen LogP contribution in [0.15, 0.2) is 41.3 Å². The van der Waals surface area contributed by atoms with Crippen LogP contribution < -0.4 is 5.56 Å². The number of hydrogen-bond donors (Lipinski definition) is 1. The molecule has 1 N–H and O–H groups in total. The molecule has 0 bridgehead atoms. The van der Waals surface area contributed by atoms with Gasteiger partial charge in [-0.3, -0.25) is 9.20 Å². The Balaban J connectivity index is 2.45. The number of carboxylic acids is 1. The first-order valence-electron chi connectivity index (χ1n) is 6.04. The van der Waals surface area contributed by atoms with Gasteiger partial charge in [0.2, 0.25) is 0 Å². The smallest absolute Gasteiger partial charge is 0.416 e. The number of aromatic nitrogens is 2. The molecule has 0 unspecified atom stereocenters. The van der Waals surface area contributed by atoms with Crippen LogP contribution in [-0.4, -0.2) is 20.5 Å². The lowest BCUT2D eigenvalue weighted by atomic mass is 10.1. The molecule has 112 valence electrons. The topological polar surface area (TPSA) is 71.7 Å². The van der Waals surface area contributed by atoms with Crippen molar-refractivity contribution >= 4 is 22.5 Å². The molecule has 3 aromatic rings. The van der Waals surface area contributed by atoms with E-state index in [1.165, 1.54) is 18.3 Å². The Hall–Kier alpha value is -2.90. The highest BCUT2D eigenvalue weighted by Gasteiger charge is 2.31. The summed E-state index contributed by atoms with van der Waals surface area (Å²) in [6, 6.07) is 5.15. The summed E-state index contributed by atoms with van der Waals surface area (Å²) in [5.74, 6) is -1.28. The van der Waals surface area contributed by atoms with Gasteiger partial charge < -0.3 is 5.11 Å². The predicted molar refractivity (Wildman–Crippen MR) is 70.9 cm³/mol. The maximum atomic E-state index is 12.7. The third-order valence-electron chi connectivity index (χ3n) is 3.20. The molecule has 2 heterocycles. The third kappa shape index (κ3) is 2.09. The Morgan fingerprint density at radius 3 is 2.59 bits per heavy atom. The SMILES string of the molecule is O=C(O)c1cccn2c(=O)c3cc(C(F)(F)F)ccc3nc12. The molecule has 22 heavy (non-hydrogen) atoms. The van der Waals surface area contributed by atoms with Gasteiger partial charge in [-0.1, -0.05) is 0 Å². The van der Waals surface area contributed by atoms with E-state index >= 15 is 0 Å². The van der Waals surface area contributed by atoms with Gasteiger partial charge in [-0.25, -0.2) is 9.78 Å². The molecule has 0 aliphatic carbocycles.